The number of nitrogens with two attached hydrogens (primary N) is 1. The number of anilines is 1. The molecule has 4 rings (SSSR count). The standard InChI is InChI=1S/C17H14N4/c1-11-7-8-14-13(10-11)20-17(18)21(14)15-6-2-4-12-5-3-9-19-16(12)15/h2-10H,1H3,(H2,18,20). The molecule has 0 atom stereocenters. The van der Waals surface area contributed by atoms with Crippen molar-refractivity contribution in [3.05, 3.63) is 60.3 Å². The molecule has 102 valence electrons. The lowest BCUT2D eigenvalue weighted by Gasteiger charge is -2.09. The second-order valence-corrected chi connectivity index (χ2v) is 5.15. The molecule has 2 aromatic heterocycles. The minimum Gasteiger partial charge on any atom is -0.369 e. The fourth-order valence-corrected chi connectivity index (χ4v) is 2.73. The van der Waals surface area contributed by atoms with E-state index in [0.717, 1.165) is 27.6 Å². The Morgan fingerprint density at radius 1 is 1.05 bits per heavy atom. The predicted octanol–water partition coefficient (Wildman–Crippen LogP) is 3.46. The highest BCUT2D eigenvalue weighted by atomic mass is 15.2. The summed E-state index contributed by atoms with van der Waals surface area (Å²) in [5.41, 5.74) is 11.1. The molecular weight excluding hydrogens is 260 g/mol. The van der Waals surface area contributed by atoms with Gasteiger partial charge in [-0.1, -0.05) is 24.3 Å². The molecule has 0 aliphatic rings. The first-order valence-corrected chi connectivity index (χ1v) is 6.83. The van der Waals surface area contributed by atoms with Crippen molar-refractivity contribution in [1.82, 2.24) is 14.5 Å². The number of rotatable bonds is 1. The SMILES string of the molecule is Cc1ccc2c(c1)nc(N)n2-c1cccc2cccnc12. The molecule has 21 heavy (non-hydrogen) atoms. The van der Waals surface area contributed by atoms with Crippen LogP contribution in [0.5, 0.6) is 0 Å². The van der Waals surface area contributed by atoms with Gasteiger partial charge in [-0.05, 0) is 36.8 Å². The molecule has 2 heterocycles. The Bertz CT molecular complexity index is 964. The normalized spacial score (nSPS) is 11.3. The van der Waals surface area contributed by atoms with E-state index in [0.29, 0.717) is 5.95 Å². The summed E-state index contributed by atoms with van der Waals surface area (Å²) in [6, 6.07) is 16.2. The average molecular weight is 274 g/mol. The van der Waals surface area contributed by atoms with Gasteiger partial charge < -0.3 is 5.73 Å². The number of fused-ring (bicyclic) bond motifs is 2. The van der Waals surface area contributed by atoms with E-state index < -0.39 is 0 Å². The van der Waals surface area contributed by atoms with Gasteiger partial charge in [-0.2, -0.15) is 0 Å². The highest BCUT2D eigenvalue weighted by molar-refractivity contribution is 5.90. The summed E-state index contributed by atoms with van der Waals surface area (Å²) in [4.78, 5) is 8.97. The van der Waals surface area contributed by atoms with Crippen LogP contribution in [0, 0.1) is 6.92 Å². The molecule has 0 spiro atoms. The maximum Gasteiger partial charge on any atom is 0.206 e. The zero-order valence-corrected chi connectivity index (χ0v) is 11.6. The molecular formula is C17H14N4. The summed E-state index contributed by atoms with van der Waals surface area (Å²) >= 11 is 0. The zero-order valence-electron chi connectivity index (χ0n) is 11.6. The van der Waals surface area contributed by atoms with Gasteiger partial charge >= 0.3 is 0 Å². The molecule has 2 aromatic carbocycles. The Balaban J connectivity index is 2.11. The van der Waals surface area contributed by atoms with Crippen LogP contribution in [0.3, 0.4) is 0 Å². The van der Waals surface area contributed by atoms with Gasteiger partial charge in [0.1, 0.15) is 0 Å². The zero-order chi connectivity index (χ0) is 14.4. The van der Waals surface area contributed by atoms with Crippen LogP contribution >= 0.6 is 0 Å². The molecule has 4 nitrogen and oxygen atoms in total. The van der Waals surface area contributed by atoms with Crippen LogP contribution in [-0.4, -0.2) is 14.5 Å². The number of hydrogen-bond acceptors (Lipinski definition) is 3. The molecule has 0 aliphatic heterocycles. The molecule has 0 unspecified atom stereocenters. The maximum atomic E-state index is 6.15. The van der Waals surface area contributed by atoms with Crippen molar-refractivity contribution in [3.8, 4) is 5.69 Å². The van der Waals surface area contributed by atoms with E-state index in [1.54, 1.807) is 6.20 Å². The van der Waals surface area contributed by atoms with E-state index in [1.165, 1.54) is 5.56 Å². The van der Waals surface area contributed by atoms with E-state index in [-0.39, 0.29) is 0 Å². The van der Waals surface area contributed by atoms with E-state index in [9.17, 15) is 0 Å². The fraction of sp³-hybridized carbons (Fsp3) is 0.0588. The summed E-state index contributed by atoms with van der Waals surface area (Å²) in [7, 11) is 0. The van der Waals surface area contributed by atoms with Gasteiger partial charge in [0.05, 0.1) is 22.2 Å². The Hall–Kier alpha value is -2.88. The number of pyridine rings is 1. The number of aryl methyl sites for hydroxylation is 1. The fourth-order valence-electron chi connectivity index (χ4n) is 2.73. The van der Waals surface area contributed by atoms with Gasteiger partial charge in [0, 0.05) is 11.6 Å². The van der Waals surface area contributed by atoms with Gasteiger partial charge in [-0.3, -0.25) is 9.55 Å². The summed E-state index contributed by atoms with van der Waals surface area (Å²) in [6.45, 7) is 2.05. The van der Waals surface area contributed by atoms with Crippen molar-refractivity contribution in [2.75, 3.05) is 5.73 Å². The van der Waals surface area contributed by atoms with Crippen molar-refractivity contribution in [2.45, 2.75) is 6.92 Å². The second-order valence-electron chi connectivity index (χ2n) is 5.15. The van der Waals surface area contributed by atoms with E-state index in [4.69, 9.17) is 5.73 Å². The largest absolute Gasteiger partial charge is 0.369 e. The van der Waals surface area contributed by atoms with Crippen LogP contribution in [0.15, 0.2) is 54.7 Å². The summed E-state index contributed by atoms with van der Waals surface area (Å²) in [5, 5.41) is 1.09. The molecule has 0 saturated heterocycles. The number of para-hydroxylation sites is 1. The molecule has 2 N–H and O–H groups in total. The van der Waals surface area contributed by atoms with Crippen LogP contribution < -0.4 is 5.73 Å². The molecule has 0 amide bonds. The highest BCUT2D eigenvalue weighted by Crippen LogP contribution is 2.27. The Labute approximate surface area is 121 Å². The topological polar surface area (TPSA) is 56.7 Å². The second kappa shape index (κ2) is 4.31. The van der Waals surface area contributed by atoms with Crippen LogP contribution in [0.4, 0.5) is 5.95 Å². The number of benzene rings is 2. The van der Waals surface area contributed by atoms with Crippen LogP contribution in [0.25, 0.3) is 27.6 Å². The minimum absolute atomic E-state index is 0.480. The minimum atomic E-state index is 0.480. The van der Waals surface area contributed by atoms with Gasteiger partial charge in [-0.15, -0.1) is 0 Å². The number of imidazole rings is 1. The first-order chi connectivity index (χ1) is 10.2. The van der Waals surface area contributed by atoms with Crippen molar-refractivity contribution in [1.29, 1.82) is 0 Å². The van der Waals surface area contributed by atoms with Crippen LogP contribution in [-0.2, 0) is 0 Å². The molecule has 4 aromatic rings. The number of aromatic nitrogens is 3. The highest BCUT2D eigenvalue weighted by Gasteiger charge is 2.12. The molecule has 0 saturated carbocycles. The third-order valence-corrected chi connectivity index (χ3v) is 3.69. The van der Waals surface area contributed by atoms with Crippen LogP contribution in [0.2, 0.25) is 0 Å². The molecule has 4 heteroatoms. The molecule has 0 radical (unpaired) electrons. The Morgan fingerprint density at radius 2 is 1.90 bits per heavy atom. The average Bonchev–Trinajstić information content (AvgIpc) is 2.81. The smallest absolute Gasteiger partial charge is 0.206 e. The third-order valence-electron chi connectivity index (χ3n) is 3.69. The summed E-state index contributed by atoms with van der Waals surface area (Å²) in [5.74, 6) is 0.480. The van der Waals surface area contributed by atoms with E-state index in [1.807, 2.05) is 47.9 Å². The van der Waals surface area contributed by atoms with Crippen molar-refractivity contribution in [2.24, 2.45) is 0 Å². The van der Waals surface area contributed by atoms with Gasteiger partial charge in [0.2, 0.25) is 5.95 Å². The monoisotopic (exact) mass is 274 g/mol. The van der Waals surface area contributed by atoms with Gasteiger partial charge in [0.15, 0.2) is 0 Å². The molecule has 0 aliphatic carbocycles. The summed E-state index contributed by atoms with van der Waals surface area (Å²) in [6.07, 6.45) is 1.80. The number of nitrogen functional groups attached to an aromatic ring is 1. The molecule has 0 bridgehead atoms. The summed E-state index contributed by atoms with van der Waals surface area (Å²) < 4.78 is 1.96. The lowest BCUT2D eigenvalue weighted by Crippen LogP contribution is -2.01. The van der Waals surface area contributed by atoms with Crippen LogP contribution in [0.1, 0.15) is 5.56 Å². The number of nitrogens with zero attached hydrogens (tertiary/aromatic N) is 3. The third kappa shape index (κ3) is 1.76. The lowest BCUT2D eigenvalue weighted by atomic mass is 10.2. The maximum absolute atomic E-state index is 6.15. The lowest BCUT2D eigenvalue weighted by molar-refractivity contribution is 1.11. The van der Waals surface area contributed by atoms with E-state index in [2.05, 4.69) is 22.1 Å². The van der Waals surface area contributed by atoms with Gasteiger partial charge in [0.25, 0.3) is 0 Å². The first kappa shape index (κ1) is 11.9. The Kier molecular flexibility index (Phi) is 2.44. The van der Waals surface area contributed by atoms with Crippen molar-refractivity contribution in [3.63, 3.8) is 0 Å². The van der Waals surface area contributed by atoms with Crippen molar-refractivity contribution >= 4 is 27.9 Å². The van der Waals surface area contributed by atoms with Gasteiger partial charge in [-0.25, -0.2) is 4.98 Å². The van der Waals surface area contributed by atoms with E-state index >= 15 is 0 Å². The molecule has 0 fully saturated rings. The first-order valence-electron chi connectivity index (χ1n) is 6.83. The predicted molar refractivity (Wildman–Crippen MR) is 85.5 cm³/mol. The number of hydrogen-bond donors (Lipinski definition) is 1. The Morgan fingerprint density at radius 3 is 2.81 bits per heavy atom. The van der Waals surface area contributed by atoms with Crippen molar-refractivity contribution < 1.29 is 0 Å². The quantitative estimate of drug-likeness (QED) is 0.578.